The first-order valence-electron chi connectivity index (χ1n) is 10.0. The lowest BCUT2D eigenvalue weighted by atomic mass is 10.2. The summed E-state index contributed by atoms with van der Waals surface area (Å²) < 4.78 is 13.1. The highest BCUT2D eigenvalue weighted by atomic mass is 35.5. The zero-order chi connectivity index (χ0) is 22.8. The van der Waals surface area contributed by atoms with Gasteiger partial charge in [-0.05, 0) is 63.2 Å². The van der Waals surface area contributed by atoms with Gasteiger partial charge in [-0.3, -0.25) is 4.79 Å². The second-order valence-corrected chi connectivity index (χ2v) is 7.96. The summed E-state index contributed by atoms with van der Waals surface area (Å²) in [5.41, 5.74) is 6.61. The number of hydrazone groups is 1. The lowest BCUT2D eigenvalue weighted by Crippen LogP contribution is -2.16. The Balaban J connectivity index is 1.52. The van der Waals surface area contributed by atoms with Crippen molar-refractivity contribution in [1.29, 1.82) is 0 Å². The molecule has 4 rings (SSSR count). The van der Waals surface area contributed by atoms with Crippen molar-refractivity contribution in [3.8, 4) is 11.4 Å². The second kappa shape index (κ2) is 9.10. The lowest BCUT2D eigenvalue weighted by Gasteiger charge is -2.12. The lowest BCUT2D eigenvalue weighted by molar-refractivity contribution is 0.0929. The van der Waals surface area contributed by atoms with E-state index >= 15 is 0 Å². The van der Waals surface area contributed by atoms with Gasteiger partial charge in [0, 0.05) is 22.3 Å². The van der Waals surface area contributed by atoms with Crippen LogP contribution in [0.25, 0.3) is 16.7 Å². The van der Waals surface area contributed by atoms with Crippen LogP contribution in [0.2, 0.25) is 10.0 Å². The Kier molecular flexibility index (Phi) is 6.26. The standard InChI is InChI=1S/C24H21Cl2N3O3/c1-4-31-18-8-9-21-16(11-18)12-22(32-21)24(30)28-27-13-17-10-14(2)29(15(17)3)20-7-5-6-19(25)23(20)26/h5-13H,4H2,1-3H3,(H,28,30)/b27-13+. The number of carbonyl (C=O) groups excluding carboxylic acids is 1. The van der Waals surface area contributed by atoms with E-state index in [1.807, 2.05) is 49.6 Å². The number of nitrogens with zero attached hydrogens (tertiary/aromatic N) is 2. The molecule has 0 radical (unpaired) electrons. The Morgan fingerprint density at radius 3 is 2.78 bits per heavy atom. The summed E-state index contributed by atoms with van der Waals surface area (Å²) in [7, 11) is 0. The van der Waals surface area contributed by atoms with Crippen LogP contribution in [-0.4, -0.2) is 23.3 Å². The van der Waals surface area contributed by atoms with Crippen LogP contribution in [0.3, 0.4) is 0 Å². The average Bonchev–Trinajstić information content (AvgIpc) is 3.31. The largest absolute Gasteiger partial charge is 0.494 e. The summed E-state index contributed by atoms with van der Waals surface area (Å²) in [5, 5.41) is 5.85. The van der Waals surface area contributed by atoms with Crippen molar-refractivity contribution in [2.45, 2.75) is 20.8 Å². The maximum Gasteiger partial charge on any atom is 0.307 e. The fraction of sp³-hybridized carbons (Fsp3) is 0.167. The molecule has 0 spiro atoms. The topological polar surface area (TPSA) is 68.8 Å². The molecule has 6 nitrogen and oxygen atoms in total. The first-order valence-corrected chi connectivity index (χ1v) is 10.8. The minimum atomic E-state index is -0.442. The van der Waals surface area contributed by atoms with Crippen LogP contribution in [0.5, 0.6) is 5.75 Å². The molecular weight excluding hydrogens is 449 g/mol. The van der Waals surface area contributed by atoms with Gasteiger partial charge in [-0.2, -0.15) is 5.10 Å². The molecule has 0 unspecified atom stereocenters. The number of nitrogens with one attached hydrogen (secondary N) is 1. The third kappa shape index (κ3) is 4.24. The van der Waals surface area contributed by atoms with E-state index in [-0.39, 0.29) is 5.76 Å². The maximum absolute atomic E-state index is 12.5. The van der Waals surface area contributed by atoms with Crippen LogP contribution in [0, 0.1) is 13.8 Å². The minimum Gasteiger partial charge on any atom is -0.494 e. The summed E-state index contributed by atoms with van der Waals surface area (Å²) in [4.78, 5) is 12.5. The molecule has 4 aromatic rings. The van der Waals surface area contributed by atoms with E-state index in [2.05, 4.69) is 10.5 Å². The predicted octanol–water partition coefficient (Wildman–Crippen LogP) is 6.31. The van der Waals surface area contributed by atoms with Gasteiger partial charge in [-0.15, -0.1) is 0 Å². The van der Waals surface area contributed by atoms with Gasteiger partial charge in [0.15, 0.2) is 5.76 Å². The smallest absolute Gasteiger partial charge is 0.307 e. The van der Waals surface area contributed by atoms with Crippen molar-refractivity contribution >= 4 is 46.3 Å². The first kappa shape index (κ1) is 22.0. The van der Waals surface area contributed by atoms with Crippen molar-refractivity contribution in [2.24, 2.45) is 5.10 Å². The number of rotatable bonds is 6. The molecule has 164 valence electrons. The first-order chi connectivity index (χ1) is 15.4. The number of fused-ring (bicyclic) bond motifs is 1. The number of furan rings is 1. The molecule has 0 fully saturated rings. The number of hydrogen-bond donors (Lipinski definition) is 1. The molecule has 0 aliphatic carbocycles. The maximum atomic E-state index is 12.5. The van der Waals surface area contributed by atoms with Gasteiger partial charge >= 0.3 is 5.91 Å². The highest BCUT2D eigenvalue weighted by molar-refractivity contribution is 6.43. The molecule has 8 heteroatoms. The van der Waals surface area contributed by atoms with Gasteiger partial charge < -0.3 is 13.7 Å². The van der Waals surface area contributed by atoms with E-state index in [1.54, 1.807) is 30.5 Å². The van der Waals surface area contributed by atoms with Crippen molar-refractivity contribution in [3.05, 3.63) is 81.3 Å². The molecular formula is C24H21Cl2N3O3. The van der Waals surface area contributed by atoms with Crippen molar-refractivity contribution in [1.82, 2.24) is 9.99 Å². The Bertz CT molecular complexity index is 1340. The van der Waals surface area contributed by atoms with E-state index in [9.17, 15) is 4.79 Å². The summed E-state index contributed by atoms with van der Waals surface area (Å²) >= 11 is 12.6. The number of aromatic nitrogens is 1. The van der Waals surface area contributed by atoms with Crippen LogP contribution < -0.4 is 10.2 Å². The molecule has 0 atom stereocenters. The molecule has 1 N–H and O–H groups in total. The fourth-order valence-electron chi connectivity index (χ4n) is 3.56. The fourth-order valence-corrected chi connectivity index (χ4v) is 3.94. The van der Waals surface area contributed by atoms with Gasteiger partial charge in [0.25, 0.3) is 0 Å². The predicted molar refractivity (Wildman–Crippen MR) is 128 cm³/mol. The normalized spacial score (nSPS) is 11.4. The van der Waals surface area contributed by atoms with Crippen LogP contribution in [0.4, 0.5) is 0 Å². The molecule has 0 aliphatic heterocycles. The second-order valence-electron chi connectivity index (χ2n) is 7.18. The number of aryl methyl sites for hydroxylation is 1. The van der Waals surface area contributed by atoms with Crippen LogP contribution >= 0.6 is 23.2 Å². The summed E-state index contributed by atoms with van der Waals surface area (Å²) in [6.45, 7) is 6.39. The number of halogens is 2. The van der Waals surface area contributed by atoms with E-state index in [4.69, 9.17) is 32.4 Å². The Morgan fingerprint density at radius 2 is 2.00 bits per heavy atom. The van der Waals surface area contributed by atoms with E-state index in [0.717, 1.165) is 33.8 Å². The van der Waals surface area contributed by atoms with E-state index in [1.165, 1.54) is 0 Å². The molecule has 2 aromatic carbocycles. The van der Waals surface area contributed by atoms with Crippen molar-refractivity contribution in [2.75, 3.05) is 6.61 Å². The molecule has 32 heavy (non-hydrogen) atoms. The zero-order valence-electron chi connectivity index (χ0n) is 17.8. The monoisotopic (exact) mass is 469 g/mol. The Hall–Kier alpha value is -3.22. The number of amides is 1. The highest BCUT2D eigenvalue weighted by Crippen LogP contribution is 2.31. The molecule has 2 aromatic heterocycles. The molecule has 0 bridgehead atoms. The van der Waals surface area contributed by atoms with E-state index < -0.39 is 5.91 Å². The van der Waals surface area contributed by atoms with E-state index in [0.29, 0.717) is 22.2 Å². The SMILES string of the molecule is CCOc1ccc2oc(C(=O)N/N=C/c3cc(C)n(-c4cccc(Cl)c4Cl)c3C)cc2c1. The van der Waals surface area contributed by atoms with Gasteiger partial charge in [-0.25, -0.2) is 5.43 Å². The highest BCUT2D eigenvalue weighted by Gasteiger charge is 2.15. The third-order valence-corrected chi connectivity index (χ3v) is 5.84. The quantitative estimate of drug-likeness (QED) is 0.265. The minimum absolute atomic E-state index is 0.169. The van der Waals surface area contributed by atoms with Crippen LogP contribution in [-0.2, 0) is 0 Å². The van der Waals surface area contributed by atoms with Gasteiger partial charge in [0.2, 0.25) is 0 Å². The summed E-state index contributed by atoms with van der Waals surface area (Å²) in [6, 6.07) is 14.5. The van der Waals surface area contributed by atoms with Crippen molar-refractivity contribution < 1.29 is 13.9 Å². The zero-order valence-corrected chi connectivity index (χ0v) is 19.3. The third-order valence-electron chi connectivity index (χ3n) is 5.03. The molecule has 2 heterocycles. The molecule has 0 aliphatic rings. The van der Waals surface area contributed by atoms with Gasteiger partial charge in [0.05, 0.1) is 28.6 Å². The molecule has 0 saturated carbocycles. The van der Waals surface area contributed by atoms with Gasteiger partial charge in [-0.1, -0.05) is 29.3 Å². The Labute approximate surface area is 195 Å². The molecule has 0 saturated heterocycles. The van der Waals surface area contributed by atoms with Gasteiger partial charge in [0.1, 0.15) is 11.3 Å². The van der Waals surface area contributed by atoms with Crippen LogP contribution in [0.15, 0.2) is 58.0 Å². The molecule has 1 amide bonds. The summed E-state index contributed by atoms with van der Waals surface area (Å²) in [5.74, 6) is 0.449. The van der Waals surface area contributed by atoms with Crippen LogP contribution in [0.1, 0.15) is 34.4 Å². The average molecular weight is 470 g/mol. The Morgan fingerprint density at radius 1 is 1.19 bits per heavy atom. The number of benzene rings is 2. The number of ether oxygens (including phenoxy) is 1. The van der Waals surface area contributed by atoms with Crippen molar-refractivity contribution in [3.63, 3.8) is 0 Å². The summed E-state index contributed by atoms with van der Waals surface area (Å²) in [6.07, 6.45) is 1.59. The number of hydrogen-bond acceptors (Lipinski definition) is 4. The number of carbonyl (C=O) groups is 1.